The molecule has 0 N–H and O–H groups in total. The minimum absolute atomic E-state index is 0.0727. The number of hydrogen-bond donors (Lipinski definition) is 0. The molecular formula is C12H12F3NOTe. The molecule has 0 saturated carbocycles. The molecule has 0 bridgehead atoms. The molecule has 0 aliphatic rings. The van der Waals surface area contributed by atoms with Crippen LogP contribution in [0.5, 0.6) is 0 Å². The van der Waals surface area contributed by atoms with Crippen LogP contribution < -0.4 is 0 Å². The summed E-state index contributed by atoms with van der Waals surface area (Å²) in [5.41, 5.74) is 0.000125. The summed E-state index contributed by atoms with van der Waals surface area (Å²) >= 11 is -0.929. The van der Waals surface area contributed by atoms with Gasteiger partial charge in [-0.3, -0.25) is 0 Å². The summed E-state index contributed by atoms with van der Waals surface area (Å²) in [6.45, 7) is 0. The number of amides is 1. The van der Waals surface area contributed by atoms with Gasteiger partial charge in [-0.25, -0.2) is 0 Å². The Balaban J connectivity index is 2.64. The first-order valence-corrected chi connectivity index (χ1v) is 7.53. The predicted octanol–water partition coefficient (Wildman–Crippen LogP) is 3.06. The van der Waals surface area contributed by atoms with E-state index in [1.54, 1.807) is 24.3 Å². The number of carbonyl (C=O) groups excluding carboxylic acids is 1. The Kier molecular flexibility index (Phi) is 5.24. The molecule has 0 atom stereocenters. The zero-order chi connectivity index (χ0) is 13.8. The fraction of sp³-hybridized carbons (Fsp3) is 0.250. The average molecular weight is 371 g/mol. The fourth-order valence-electron chi connectivity index (χ4n) is 1.06. The molecule has 2 nitrogen and oxygen atoms in total. The molecule has 0 unspecified atom stereocenters. The Hall–Kier alpha value is -0.990. The molecule has 18 heavy (non-hydrogen) atoms. The van der Waals surface area contributed by atoms with Gasteiger partial charge >= 0.3 is 114 Å². The molecule has 6 heteroatoms. The Bertz CT molecular complexity index is 438. The Morgan fingerprint density at radius 3 is 2.22 bits per heavy atom. The first-order chi connectivity index (χ1) is 8.30. The van der Waals surface area contributed by atoms with Crippen molar-refractivity contribution < 1.29 is 18.0 Å². The van der Waals surface area contributed by atoms with E-state index in [0.29, 0.717) is 5.56 Å². The summed E-state index contributed by atoms with van der Waals surface area (Å²) in [4.78, 5) is 12.8. The van der Waals surface area contributed by atoms with Crippen LogP contribution in [0.25, 0.3) is 6.08 Å². The van der Waals surface area contributed by atoms with Crippen molar-refractivity contribution in [2.75, 3.05) is 14.1 Å². The third kappa shape index (κ3) is 4.71. The van der Waals surface area contributed by atoms with Gasteiger partial charge in [0.25, 0.3) is 0 Å². The number of alkyl halides is 3. The molecule has 0 aliphatic carbocycles. The van der Waals surface area contributed by atoms with Crippen molar-refractivity contribution >= 4 is 31.0 Å². The van der Waals surface area contributed by atoms with Gasteiger partial charge in [-0.1, -0.05) is 0 Å². The van der Waals surface area contributed by atoms with Crippen LogP contribution in [0, 0.1) is 0 Å². The molecular weight excluding hydrogens is 359 g/mol. The maximum atomic E-state index is 12.3. The van der Waals surface area contributed by atoms with Crippen LogP contribution in [0.4, 0.5) is 18.0 Å². The standard InChI is InChI=1S/C12H12F3NOTe/c1-16(2)11(17)18-8-7-9-3-5-10(6-4-9)12(13,14)15/h3-8H,1-2H3/b8-7+. The molecule has 1 aromatic carbocycles. The summed E-state index contributed by atoms with van der Waals surface area (Å²) in [6, 6.07) is 4.86. The monoisotopic (exact) mass is 373 g/mol. The molecule has 0 radical (unpaired) electrons. The van der Waals surface area contributed by atoms with Crippen molar-refractivity contribution in [1.82, 2.24) is 4.90 Å². The summed E-state index contributed by atoms with van der Waals surface area (Å²) < 4.78 is 38.7. The second-order valence-corrected chi connectivity index (χ2v) is 6.15. The van der Waals surface area contributed by atoms with E-state index in [2.05, 4.69) is 0 Å². The molecule has 0 saturated heterocycles. The first-order valence-electron chi connectivity index (χ1n) is 5.02. The number of halogens is 3. The quantitative estimate of drug-likeness (QED) is 0.749. The van der Waals surface area contributed by atoms with E-state index >= 15 is 0 Å². The number of rotatable bonds is 3. The topological polar surface area (TPSA) is 20.3 Å². The van der Waals surface area contributed by atoms with Gasteiger partial charge in [0.15, 0.2) is 0 Å². The van der Waals surface area contributed by atoms with Crippen LogP contribution in [0.1, 0.15) is 11.1 Å². The molecule has 0 aliphatic heterocycles. The van der Waals surface area contributed by atoms with E-state index in [4.69, 9.17) is 0 Å². The van der Waals surface area contributed by atoms with Gasteiger partial charge in [0, 0.05) is 0 Å². The van der Waals surface area contributed by atoms with E-state index in [0.717, 1.165) is 12.1 Å². The van der Waals surface area contributed by atoms with Crippen LogP contribution in [-0.2, 0) is 6.18 Å². The van der Waals surface area contributed by atoms with Gasteiger partial charge in [0.2, 0.25) is 0 Å². The summed E-state index contributed by atoms with van der Waals surface area (Å²) in [6.07, 6.45) is -2.62. The van der Waals surface area contributed by atoms with Crippen LogP contribution in [0.2, 0.25) is 0 Å². The van der Waals surface area contributed by atoms with Crippen molar-refractivity contribution in [3.8, 4) is 0 Å². The molecule has 0 spiro atoms. The van der Waals surface area contributed by atoms with E-state index in [1.165, 1.54) is 17.0 Å². The number of nitrogens with zero attached hydrogens (tertiary/aromatic N) is 1. The van der Waals surface area contributed by atoms with Crippen molar-refractivity contribution in [2.45, 2.75) is 6.18 Å². The Labute approximate surface area is 114 Å². The second-order valence-electron chi connectivity index (χ2n) is 3.70. The van der Waals surface area contributed by atoms with Crippen molar-refractivity contribution in [3.63, 3.8) is 0 Å². The predicted molar refractivity (Wildman–Crippen MR) is 65.3 cm³/mol. The third-order valence-electron chi connectivity index (χ3n) is 2.03. The fourth-order valence-corrected chi connectivity index (χ4v) is 2.64. The third-order valence-corrected chi connectivity index (χ3v) is 4.43. The molecule has 0 aromatic heterocycles. The summed E-state index contributed by atoms with van der Waals surface area (Å²) in [7, 11) is 3.36. The summed E-state index contributed by atoms with van der Waals surface area (Å²) in [5, 5.41) is 0. The van der Waals surface area contributed by atoms with E-state index in [-0.39, 0.29) is 3.96 Å². The van der Waals surface area contributed by atoms with E-state index in [9.17, 15) is 18.0 Å². The Morgan fingerprint density at radius 2 is 1.78 bits per heavy atom. The SMILES string of the molecule is CN(C)C(=O)[Te]/C=C/c1ccc(C(F)(F)F)cc1. The molecule has 0 fully saturated rings. The second kappa shape index (κ2) is 6.26. The van der Waals surface area contributed by atoms with E-state index in [1.807, 2.05) is 0 Å². The van der Waals surface area contributed by atoms with Gasteiger partial charge in [-0.05, 0) is 0 Å². The van der Waals surface area contributed by atoms with Crippen LogP contribution in [0.15, 0.2) is 28.4 Å². The zero-order valence-corrected chi connectivity index (χ0v) is 12.2. The van der Waals surface area contributed by atoms with E-state index < -0.39 is 32.7 Å². The van der Waals surface area contributed by atoms with Gasteiger partial charge in [-0.15, -0.1) is 0 Å². The van der Waals surface area contributed by atoms with Crippen molar-refractivity contribution in [3.05, 3.63) is 39.5 Å². The zero-order valence-electron chi connectivity index (χ0n) is 9.86. The van der Waals surface area contributed by atoms with Gasteiger partial charge < -0.3 is 0 Å². The van der Waals surface area contributed by atoms with Crippen molar-refractivity contribution in [1.29, 1.82) is 0 Å². The molecule has 1 aromatic rings. The van der Waals surface area contributed by atoms with Gasteiger partial charge in [0.05, 0.1) is 0 Å². The van der Waals surface area contributed by atoms with Crippen molar-refractivity contribution in [2.24, 2.45) is 0 Å². The number of benzene rings is 1. The first kappa shape index (κ1) is 15.1. The number of carbonyl (C=O) groups is 1. The number of hydrogen-bond acceptors (Lipinski definition) is 1. The average Bonchev–Trinajstić information content (AvgIpc) is 2.28. The summed E-state index contributed by atoms with van der Waals surface area (Å²) in [5.74, 6) is 0. The molecule has 1 amide bonds. The van der Waals surface area contributed by atoms with Gasteiger partial charge in [-0.2, -0.15) is 0 Å². The van der Waals surface area contributed by atoms with Crippen LogP contribution in [0.3, 0.4) is 0 Å². The molecule has 98 valence electrons. The minimum atomic E-state index is -4.31. The molecule has 1 rings (SSSR count). The Morgan fingerprint density at radius 1 is 1.22 bits per heavy atom. The van der Waals surface area contributed by atoms with Crippen LogP contribution in [-0.4, -0.2) is 43.9 Å². The normalized spacial score (nSPS) is 11.8. The van der Waals surface area contributed by atoms with Gasteiger partial charge in [0.1, 0.15) is 0 Å². The maximum absolute atomic E-state index is 12.3. The molecule has 0 heterocycles. The van der Waals surface area contributed by atoms with Crippen LogP contribution >= 0.6 is 0 Å².